The first-order chi connectivity index (χ1) is 10.6. The van der Waals surface area contributed by atoms with Crippen molar-refractivity contribution < 1.29 is 30.6 Å². The molecule has 6 nitrogen and oxygen atoms in total. The van der Waals surface area contributed by atoms with E-state index in [1.165, 1.54) is 0 Å². The number of alkyl halides is 3. The average Bonchev–Trinajstić information content (AvgIpc) is 2.84. The van der Waals surface area contributed by atoms with Crippen LogP contribution in [0.3, 0.4) is 0 Å². The number of halogens is 4. The van der Waals surface area contributed by atoms with Crippen molar-refractivity contribution in [3.8, 4) is 0 Å². The molecule has 126 valence electrons. The molecule has 0 aliphatic heterocycles. The molecule has 0 aliphatic carbocycles. The molecule has 0 radical (unpaired) electrons. The molecule has 0 fully saturated rings. The van der Waals surface area contributed by atoms with Gasteiger partial charge in [0.15, 0.2) is 0 Å². The average molecular weight is 353 g/mol. The van der Waals surface area contributed by atoms with Gasteiger partial charge in [0.05, 0.1) is 10.5 Å². The van der Waals surface area contributed by atoms with E-state index in [2.05, 4.69) is 14.9 Å². The fourth-order valence-corrected chi connectivity index (χ4v) is 2.80. The van der Waals surface area contributed by atoms with Crippen molar-refractivity contribution >= 4 is 15.8 Å². The topological polar surface area (TPSA) is 85.1 Å². The third kappa shape index (κ3) is 3.78. The lowest BCUT2D eigenvalue weighted by Gasteiger charge is -2.10. The molecule has 0 saturated carbocycles. The molecule has 11 heteroatoms. The second-order valence-corrected chi connectivity index (χ2v) is 6.24. The number of anilines is 1. The number of hydrogen-bond acceptors (Lipinski definition) is 5. The van der Waals surface area contributed by atoms with Crippen molar-refractivity contribution in [1.29, 1.82) is 0 Å². The predicted molar refractivity (Wildman–Crippen MR) is 70.5 cm³/mol. The molecule has 1 aromatic carbocycles. The maximum absolute atomic E-state index is 13.5. The quantitative estimate of drug-likeness (QED) is 0.836. The first-order valence-corrected chi connectivity index (χ1v) is 7.84. The van der Waals surface area contributed by atoms with Crippen molar-refractivity contribution in [2.24, 2.45) is 0 Å². The van der Waals surface area contributed by atoms with E-state index in [1.54, 1.807) is 0 Å². The summed E-state index contributed by atoms with van der Waals surface area (Å²) < 4.78 is 81.6. The zero-order valence-electron chi connectivity index (χ0n) is 11.7. The largest absolute Gasteiger partial charge is 0.419 e. The van der Waals surface area contributed by atoms with Crippen molar-refractivity contribution in [1.82, 2.24) is 10.3 Å². The highest BCUT2D eigenvalue weighted by Gasteiger charge is 2.34. The Morgan fingerprint density at radius 3 is 2.52 bits per heavy atom. The monoisotopic (exact) mass is 353 g/mol. The van der Waals surface area contributed by atoms with E-state index >= 15 is 0 Å². The Labute approximate surface area is 128 Å². The number of aromatic nitrogens is 2. The molecule has 2 rings (SSSR count). The number of nitrogens with zero attached hydrogens (tertiary/aromatic N) is 2. The van der Waals surface area contributed by atoms with Gasteiger partial charge in [-0.15, -0.1) is 0 Å². The van der Waals surface area contributed by atoms with Crippen LogP contribution >= 0.6 is 0 Å². The van der Waals surface area contributed by atoms with Gasteiger partial charge in [0.1, 0.15) is 11.5 Å². The Morgan fingerprint density at radius 1 is 1.26 bits per heavy atom. The predicted octanol–water partition coefficient (Wildman–Crippen LogP) is 2.98. The number of nitrogens with one attached hydrogen (secondary N) is 1. The number of benzene rings is 1. The van der Waals surface area contributed by atoms with Gasteiger partial charge in [-0.1, -0.05) is 18.5 Å². The molecular formula is C12H11F4N3O3S. The highest BCUT2D eigenvalue weighted by molar-refractivity contribution is 7.92. The molecule has 0 aliphatic rings. The fraction of sp³-hybridized carbons (Fsp3) is 0.333. The summed E-state index contributed by atoms with van der Waals surface area (Å²) >= 11 is 0. The molecule has 0 unspecified atom stereocenters. The summed E-state index contributed by atoms with van der Waals surface area (Å²) in [7, 11) is -4.33. The lowest BCUT2D eigenvalue weighted by atomic mass is 10.2. The van der Waals surface area contributed by atoms with Gasteiger partial charge < -0.3 is 0 Å². The minimum Gasteiger partial charge on any atom is -0.259 e. The normalized spacial score (nSPS) is 12.4. The van der Waals surface area contributed by atoms with E-state index in [0.717, 1.165) is 0 Å². The molecule has 0 amide bonds. The van der Waals surface area contributed by atoms with Crippen LogP contribution in [0.2, 0.25) is 0 Å². The zero-order valence-corrected chi connectivity index (χ0v) is 12.5. The fourth-order valence-electron chi connectivity index (χ4n) is 1.76. The second kappa shape index (κ2) is 6.14. The summed E-state index contributed by atoms with van der Waals surface area (Å²) in [5, 5.41) is 6.89. The van der Waals surface area contributed by atoms with Gasteiger partial charge in [0.2, 0.25) is 5.82 Å². The van der Waals surface area contributed by atoms with Gasteiger partial charge in [0.25, 0.3) is 10.0 Å². The van der Waals surface area contributed by atoms with Crippen LogP contribution in [0.4, 0.5) is 23.4 Å². The van der Waals surface area contributed by atoms with Crippen molar-refractivity contribution in [3.63, 3.8) is 0 Å². The zero-order chi connectivity index (χ0) is 17.3. The molecule has 23 heavy (non-hydrogen) atoms. The molecule has 1 aromatic heterocycles. The standard InChI is InChI=1S/C12H11F4N3O3S/c1-2-3-10-11(18-22-17-10)19-23(20,21)7-4-5-8(9(13)6-7)12(14,15)16/h4-6H,2-3H2,1H3,(H,18,19). The SMILES string of the molecule is CCCc1nonc1NS(=O)(=O)c1ccc(C(F)(F)F)c(F)c1. The molecule has 0 spiro atoms. The number of rotatable bonds is 5. The van der Waals surface area contributed by atoms with Gasteiger partial charge >= 0.3 is 6.18 Å². The summed E-state index contributed by atoms with van der Waals surface area (Å²) in [6.45, 7) is 1.82. The van der Waals surface area contributed by atoms with Gasteiger partial charge in [-0.05, 0) is 29.8 Å². The Morgan fingerprint density at radius 2 is 1.96 bits per heavy atom. The highest BCUT2D eigenvalue weighted by Crippen LogP contribution is 2.32. The molecule has 2 aromatic rings. The third-order valence-electron chi connectivity index (χ3n) is 2.83. The summed E-state index contributed by atoms with van der Waals surface area (Å²) in [6.07, 6.45) is -3.90. The number of aryl methyl sites for hydroxylation is 1. The van der Waals surface area contributed by atoms with E-state index in [-0.39, 0.29) is 17.6 Å². The Hall–Kier alpha value is -2.17. The van der Waals surface area contributed by atoms with E-state index in [9.17, 15) is 26.0 Å². The van der Waals surface area contributed by atoms with Crippen molar-refractivity contribution in [2.45, 2.75) is 30.8 Å². The van der Waals surface area contributed by atoms with Gasteiger partial charge in [-0.2, -0.15) is 13.2 Å². The Bertz CT molecular complexity index is 802. The van der Waals surface area contributed by atoms with Crippen LogP contribution in [0.5, 0.6) is 0 Å². The van der Waals surface area contributed by atoms with Gasteiger partial charge in [-0.25, -0.2) is 17.4 Å². The van der Waals surface area contributed by atoms with E-state index in [4.69, 9.17) is 0 Å². The molecule has 1 heterocycles. The molecule has 0 bridgehead atoms. The molecule has 0 atom stereocenters. The summed E-state index contributed by atoms with van der Waals surface area (Å²) in [6, 6.07) is 1.30. The number of hydrogen-bond donors (Lipinski definition) is 1. The third-order valence-corrected chi connectivity index (χ3v) is 4.17. The summed E-state index contributed by atoms with van der Waals surface area (Å²) in [4.78, 5) is -0.673. The Balaban J connectivity index is 2.33. The van der Waals surface area contributed by atoms with Crippen LogP contribution in [0.15, 0.2) is 27.7 Å². The lowest BCUT2D eigenvalue weighted by molar-refractivity contribution is -0.140. The molecule has 1 N–H and O–H groups in total. The lowest BCUT2D eigenvalue weighted by Crippen LogP contribution is -2.16. The first-order valence-electron chi connectivity index (χ1n) is 6.36. The van der Waals surface area contributed by atoms with Crippen LogP contribution in [0, 0.1) is 5.82 Å². The minimum atomic E-state index is -4.91. The summed E-state index contributed by atoms with van der Waals surface area (Å²) in [5.74, 6) is -1.88. The minimum absolute atomic E-state index is 0.188. The first kappa shape index (κ1) is 17.2. The molecular weight excluding hydrogens is 342 g/mol. The Kier molecular flexibility index (Phi) is 4.59. The second-order valence-electron chi connectivity index (χ2n) is 4.55. The van der Waals surface area contributed by atoms with E-state index in [0.29, 0.717) is 25.0 Å². The van der Waals surface area contributed by atoms with Gasteiger partial charge in [-0.3, -0.25) is 4.72 Å². The maximum atomic E-state index is 13.5. The number of sulfonamides is 1. The van der Waals surface area contributed by atoms with Crippen molar-refractivity contribution in [3.05, 3.63) is 35.3 Å². The van der Waals surface area contributed by atoms with Crippen LogP contribution < -0.4 is 4.72 Å². The van der Waals surface area contributed by atoms with Crippen LogP contribution in [0.25, 0.3) is 0 Å². The van der Waals surface area contributed by atoms with Crippen LogP contribution in [-0.4, -0.2) is 18.7 Å². The van der Waals surface area contributed by atoms with Crippen LogP contribution in [-0.2, 0) is 22.6 Å². The van der Waals surface area contributed by atoms with Crippen molar-refractivity contribution in [2.75, 3.05) is 4.72 Å². The molecule has 0 saturated heterocycles. The highest BCUT2D eigenvalue weighted by atomic mass is 32.2. The van der Waals surface area contributed by atoms with Gasteiger partial charge in [0, 0.05) is 0 Å². The maximum Gasteiger partial charge on any atom is 0.419 e. The smallest absolute Gasteiger partial charge is 0.259 e. The van der Waals surface area contributed by atoms with E-state index in [1.807, 2.05) is 11.6 Å². The van der Waals surface area contributed by atoms with E-state index < -0.39 is 32.5 Å². The summed E-state index contributed by atoms with van der Waals surface area (Å²) in [5.41, 5.74) is -1.31. The van der Waals surface area contributed by atoms with Crippen LogP contribution in [0.1, 0.15) is 24.6 Å².